The fraction of sp³-hybridized carbons (Fsp3) is 0.333. The molecule has 2 heteroatoms. The van der Waals surface area contributed by atoms with Gasteiger partial charge in [-0.2, -0.15) is 0 Å². The number of hydrogen-bond acceptors (Lipinski definition) is 1. The molecule has 60 valence electrons. The predicted molar refractivity (Wildman–Crippen MR) is 42.7 cm³/mol. The predicted octanol–water partition coefficient (Wildman–Crippen LogP) is 2.72. The van der Waals surface area contributed by atoms with Crippen molar-refractivity contribution in [3.05, 3.63) is 35.4 Å². The fourth-order valence-electron chi connectivity index (χ4n) is 0.931. The standard InChI is InChI=1S/C9H11FO/c1-7-5-3-4-6-8(11-2)9(7)10/h3-4,6H,5H2,1-2H3. The van der Waals surface area contributed by atoms with Gasteiger partial charge in [-0.1, -0.05) is 12.2 Å². The molecule has 0 radical (unpaired) electrons. The lowest BCUT2D eigenvalue weighted by molar-refractivity contribution is 0.282. The summed E-state index contributed by atoms with van der Waals surface area (Å²) in [4.78, 5) is 0. The lowest BCUT2D eigenvalue weighted by atomic mass is 10.2. The van der Waals surface area contributed by atoms with Crippen molar-refractivity contribution in [2.45, 2.75) is 13.3 Å². The van der Waals surface area contributed by atoms with Crippen LogP contribution in [0.25, 0.3) is 0 Å². The Kier molecular flexibility index (Phi) is 2.47. The molecule has 0 spiro atoms. The van der Waals surface area contributed by atoms with E-state index in [9.17, 15) is 4.39 Å². The average Bonchev–Trinajstić information content (AvgIpc) is 2.16. The highest BCUT2D eigenvalue weighted by Gasteiger charge is 2.08. The van der Waals surface area contributed by atoms with Crippen molar-refractivity contribution in [3.8, 4) is 0 Å². The SMILES string of the molecule is COC1=CC=CCC(C)=C1F. The fourth-order valence-corrected chi connectivity index (χ4v) is 0.931. The van der Waals surface area contributed by atoms with Gasteiger partial charge in [0.25, 0.3) is 0 Å². The molecule has 0 fully saturated rings. The maximum atomic E-state index is 13.1. The summed E-state index contributed by atoms with van der Waals surface area (Å²) in [5, 5.41) is 0. The molecule has 0 bridgehead atoms. The van der Waals surface area contributed by atoms with Crippen LogP contribution in [-0.2, 0) is 4.74 Å². The maximum absolute atomic E-state index is 13.1. The zero-order valence-corrected chi connectivity index (χ0v) is 6.73. The van der Waals surface area contributed by atoms with Gasteiger partial charge in [0.15, 0.2) is 11.6 Å². The van der Waals surface area contributed by atoms with E-state index < -0.39 is 0 Å². The molecule has 0 saturated carbocycles. The summed E-state index contributed by atoms with van der Waals surface area (Å²) in [6.45, 7) is 1.76. The van der Waals surface area contributed by atoms with E-state index >= 15 is 0 Å². The van der Waals surface area contributed by atoms with Gasteiger partial charge in [-0.3, -0.25) is 0 Å². The van der Waals surface area contributed by atoms with Gasteiger partial charge in [0.1, 0.15) is 0 Å². The molecule has 1 nitrogen and oxygen atoms in total. The molecule has 0 aromatic rings. The first-order valence-corrected chi connectivity index (χ1v) is 3.52. The molecule has 1 aliphatic rings. The van der Waals surface area contributed by atoms with Gasteiger partial charge >= 0.3 is 0 Å². The van der Waals surface area contributed by atoms with Crippen LogP contribution in [0.3, 0.4) is 0 Å². The number of methoxy groups -OCH3 is 1. The van der Waals surface area contributed by atoms with E-state index in [1.807, 2.05) is 6.08 Å². The molecule has 0 saturated heterocycles. The molecular formula is C9H11FO. The Labute approximate surface area is 65.9 Å². The highest BCUT2D eigenvalue weighted by molar-refractivity contribution is 5.31. The van der Waals surface area contributed by atoms with Crippen molar-refractivity contribution in [2.75, 3.05) is 7.11 Å². The van der Waals surface area contributed by atoms with Crippen LogP contribution in [0.1, 0.15) is 13.3 Å². The lowest BCUT2D eigenvalue weighted by Crippen LogP contribution is -1.88. The van der Waals surface area contributed by atoms with Crippen molar-refractivity contribution in [1.29, 1.82) is 0 Å². The molecule has 11 heavy (non-hydrogen) atoms. The first-order chi connectivity index (χ1) is 5.25. The second-order valence-corrected chi connectivity index (χ2v) is 2.46. The largest absolute Gasteiger partial charge is 0.494 e. The van der Waals surface area contributed by atoms with Gasteiger partial charge in [0.05, 0.1) is 7.11 Å². The molecule has 0 aromatic carbocycles. The summed E-state index contributed by atoms with van der Waals surface area (Å²) in [6.07, 6.45) is 6.00. The highest BCUT2D eigenvalue weighted by atomic mass is 19.1. The molecule has 0 heterocycles. The molecule has 0 amide bonds. The minimum absolute atomic E-state index is 0.238. The molecule has 0 N–H and O–H groups in total. The summed E-state index contributed by atoms with van der Waals surface area (Å²) < 4.78 is 18.0. The third kappa shape index (κ3) is 1.70. The molecule has 0 aromatic heterocycles. The van der Waals surface area contributed by atoms with E-state index in [4.69, 9.17) is 4.74 Å². The number of halogens is 1. The second-order valence-electron chi connectivity index (χ2n) is 2.46. The van der Waals surface area contributed by atoms with Crippen molar-refractivity contribution < 1.29 is 9.13 Å². The molecule has 1 aliphatic carbocycles. The quantitative estimate of drug-likeness (QED) is 0.564. The smallest absolute Gasteiger partial charge is 0.164 e. The van der Waals surface area contributed by atoms with E-state index in [0.717, 1.165) is 0 Å². The third-order valence-corrected chi connectivity index (χ3v) is 1.62. The highest BCUT2D eigenvalue weighted by Crippen LogP contribution is 2.21. The van der Waals surface area contributed by atoms with Crippen LogP contribution in [0.15, 0.2) is 35.4 Å². The van der Waals surface area contributed by atoms with Crippen molar-refractivity contribution in [1.82, 2.24) is 0 Å². The summed E-state index contributed by atoms with van der Waals surface area (Å²) in [6, 6.07) is 0. The van der Waals surface area contributed by atoms with Crippen LogP contribution in [0.2, 0.25) is 0 Å². The minimum Gasteiger partial charge on any atom is -0.494 e. The second kappa shape index (κ2) is 3.37. The van der Waals surface area contributed by atoms with Crippen LogP contribution in [0, 0.1) is 0 Å². The summed E-state index contributed by atoms with van der Waals surface area (Å²) in [7, 11) is 1.47. The number of ether oxygens (including phenoxy) is 1. The number of allylic oxidation sites excluding steroid dienone is 5. The minimum atomic E-state index is -0.238. The van der Waals surface area contributed by atoms with Crippen LogP contribution in [0.5, 0.6) is 0 Å². The van der Waals surface area contributed by atoms with Crippen LogP contribution in [0.4, 0.5) is 4.39 Å². The number of hydrogen-bond donors (Lipinski definition) is 0. The maximum Gasteiger partial charge on any atom is 0.164 e. The van der Waals surface area contributed by atoms with Crippen molar-refractivity contribution >= 4 is 0 Å². The summed E-state index contributed by atoms with van der Waals surface area (Å²) >= 11 is 0. The zero-order valence-electron chi connectivity index (χ0n) is 6.73. The van der Waals surface area contributed by atoms with Gasteiger partial charge in [0, 0.05) is 0 Å². The molecular weight excluding hydrogens is 143 g/mol. The van der Waals surface area contributed by atoms with Gasteiger partial charge in [0.2, 0.25) is 0 Å². The monoisotopic (exact) mass is 154 g/mol. The topological polar surface area (TPSA) is 9.23 Å². The van der Waals surface area contributed by atoms with Gasteiger partial charge in [-0.15, -0.1) is 0 Å². The average molecular weight is 154 g/mol. The zero-order chi connectivity index (χ0) is 8.27. The van der Waals surface area contributed by atoms with Gasteiger partial charge < -0.3 is 4.74 Å². The third-order valence-electron chi connectivity index (χ3n) is 1.62. The normalized spacial score (nSPS) is 17.9. The molecule has 0 unspecified atom stereocenters. The van der Waals surface area contributed by atoms with E-state index in [2.05, 4.69) is 0 Å². The van der Waals surface area contributed by atoms with E-state index in [1.165, 1.54) is 7.11 Å². The first kappa shape index (κ1) is 8.05. The summed E-state index contributed by atoms with van der Waals surface area (Å²) in [5.41, 5.74) is 0.715. The molecule has 0 aliphatic heterocycles. The van der Waals surface area contributed by atoms with Crippen LogP contribution < -0.4 is 0 Å². The van der Waals surface area contributed by atoms with Crippen LogP contribution >= 0.6 is 0 Å². The Hall–Kier alpha value is -1.05. The molecule has 1 rings (SSSR count). The Morgan fingerprint density at radius 2 is 2.27 bits per heavy atom. The van der Waals surface area contributed by atoms with Crippen molar-refractivity contribution in [2.24, 2.45) is 0 Å². The van der Waals surface area contributed by atoms with Crippen molar-refractivity contribution in [3.63, 3.8) is 0 Å². The van der Waals surface area contributed by atoms with Crippen LogP contribution in [-0.4, -0.2) is 7.11 Å². The number of rotatable bonds is 1. The van der Waals surface area contributed by atoms with E-state index in [1.54, 1.807) is 19.1 Å². The van der Waals surface area contributed by atoms with E-state index in [0.29, 0.717) is 17.8 Å². The lowest BCUT2D eigenvalue weighted by Gasteiger charge is -2.03. The first-order valence-electron chi connectivity index (χ1n) is 3.52. The van der Waals surface area contributed by atoms with Gasteiger partial charge in [-0.05, 0) is 25.0 Å². The van der Waals surface area contributed by atoms with E-state index in [-0.39, 0.29) is 5.83 Å². The Morgan fingerprint density at radius 1 is 1.55 bits per heavy atom. The Balaban J connectivity index is 2.97. The summed E-state index contributed by atoms with van der Waals surface area (Å²) in [5.74, 6) is 0.0775. The molecule has 0 atom stereocenters. The Morgan fingerprint density at radius 3 is 2.91 bits per heavy atom. The van der Waals surface area contributed by atoms with Gasteiger partial charge in [-0.25, -0.2) is 4.39 Å². The Bertz CT molecular complexity index is 236.